The molecule has 5 nitrogen and oxygen atoms in total. The van der Waals surface area contributed by atoms with Crippen molar-refractivity contribution in [1.82, 2.24) is 20.4 Å². The SMILES string of the molecule is Cc1ccc(CNC(=O)C2CCN(CCc3cn[nH]c3)CC2)cc1. The molecule has 0 bridgehead atoms. The average Bonchev–Trinajstić information content (AvgIpc) is 3.13. The zero-order chi connectivity index (χ0) is 16.8. The minimum Gasteiger partial charge on any atom is -0.352 e. The third-order valence-corrected chi connectivity index (χ3v) is 4.82. The third kappa shape index (κ3) is 4.68. The van der Waals surface area contributed by atoms with E-state index in [1.165, 1.54) is 11.1 Å². The van der Waals surface area contributed by atoms with E-state index >= 15 is 0 Å². The van der Waals surface area contributed by atoms with Crippen molar-refractivity contribution in [1.29, 1.82) is 0 Å². The van der Waals surface area contributed by atoms with Gasteiger partial charge in [-0.2, -0.15) is 5.10 Å². The molecule has 0 aliphatic carbocycles. The number of carbonyl (C=O) groups excluding carboxylic acids is 1. The molecule has 0 unspecified atom stereocenters. The second kappa shape index (κ2) is 8.11. The summed E-state index contributed by atoms with van der Waals surface area (Å²) in [6, 6.07) is 8.32. The fourth-order valence-corrected chi connectivity index (χ4v) is 3.16. The molecule has 128 valence electrons. The van der Waals surface area contributed by atoms with Gasteiger partial charge >= 0.3 is 0 Å². The van der Waals surface area contributed by atoms with E-state index in [4.69, 9.17) is 0 Å². The average molecular weight is 326 g/mol. The van der Waals surface area contributed by atoms with Crippen LogP contribution >= 0.6 is 0 Å². The number of hydrogen-bond acceptors (Lipinski definition) is 3. The monoisotopic (exact) mass is 326 g/mol. The highest BCUT2D eigenvalue weighted by Gasteiger charge is 2.24. The molecule has 1 aliphatic heterocycles. The van der Waals surface area contributed by atoms with Gasteiger partial charge in [-0.15, -0.1) is 0 Å². The van der Waals surface area contributed by atoms with Gasteiger partial charge in [0.2, 0.25) is 5.91 Å². The summed E-state index contributed by atoms with van der Waals surface area (Å²) in [4.78, 5) is 14.8. The lowest BCUT2D eigenvalue weighted by molar-refractivity contribution is -0.126. The summed E-state index contributed by atoms with van der Waals surface area (Å²) in [5.74, 6) is 0.352. The number of likely N-dealkylation sites (tertiary alicyclic amines) is 1. The van der Waals surface area contributed by atoms with Crippen LogP contribution in [0.15, 0.2) is 36.7 Å². The number of benzene rings is 1. The first-order valence-electron chi connectivity index (χ1n) is 8.74. The maximum atomic E-state index is 12.3. The molecule has 1 aromatic heterocycles. The lowest BCUT2D eigenvalue weighted by atomic mass is 9.95. The van der Waals surface area contributed by atoms with Crippen LogP contribution in [0.4, 0.5) is 0 Å². The molecule has 0 spiro atoms. The molecular weight excluding hydrogens is 300 g/mol. The number of aryl methyl sites for hydroxylation is 1. The van der Waals surface area contributed by atoms with Crippen molar-refractivity contribution < 1.29 is 4.79 Å². The van der Waals surface area contributed by atoms with Gasteiger partial charge in [0.15, 0.2) is 0 Å². The molecule has 2 aromatic rings. The summed E-state index contributed by atoms with van der Waals surface area (Å²) in [6.45, 7) is 5.74. The highest BCUT2D eigenvalue weighted by molar-refractivity contribution is 5.78. The molecule has 2 N–H and O–H groups in total. The zero-order valence-electron chi connectivity index (χ0n) is 14.3. The van der Waals surface area contributed by atoms with Crippen molar-refractivity contribution in [2.45, 2.75) is 32.7 Å². The molecule has 5 heteroatoms. The Bertz CT molecular complexity index is 628. The van der Waals surface area contributed by atoms with Crippen LogP contribution < -0.4 is 5.32 Å². The fourth-order valence-electron chi connectivity index (χ4n) is 3.16. The zero-order valence-corrected chi connectivity index (χ0v) is 14.3. The first-order chi connectivity index (χ1) is 11.7. The lowest BCUT2D eigenvalue weighted by Crippen LogP contribution is -2.41. The molecule has 24 heavy (non-hydrogen) atoms. The largest absolute Gasteiger partial charge is 0.352 e. The Balaban J connectivity index is 1.37. The van der Waals surface area contributed by atoms with Crippen LogP contribution in [-0.2, 0) is 17.8 Å². The number of nitrogens with zero attached hydrogens (tertiary/aromatic N) is 2. The van der Waals surface area contributed by atoms with Crippen LogP contribution in [0, 0.1) is 12.8 Å². The molecule has 0 saturated carbocycles. The van der Waals surface area contributed by atoms with Crippen LogP contribution in [-0.4, -0.2) is 40.6 Å². The van der Waals surface area contributed by atoms with Gasteiger partial charge in [-0.3, -0.25) is 9.89 Å². The summed E-state index contributed by atoms with van der Waals surface area (Å²) >= 11 is 0. The molecule has 1 saturated heterocycles. The molecule has 1 fully saturated rings. The summed E-state index contributed by atoms with van der Waals surface area (Å²) in [7, 11) is 0. The van der Waals surface area contributed by atoms with Crippen LogP contribution in [0.1, 0.15) is 29.5 Å². The van der Waals surface area contributed by atoms with E-state index in [0.29, 0.717) is 6.54 Å². The number of nitrogens with one attached hydrogen (secondary N) is 2. The topological polar surface area (TPSA) is 61.0 Å². The van der Waals surface area contributed by atoms with E-state index in [-0.39, 0.29) is 11.8 Å². The molecule has 0 atom stereocenters. The molecule has 1 aliphatic rings. The quantitative estimate of drug-likeness (QED) is 0.856. The van der Waals surface area contributed by atoms with E-state index in [1.807, 2.05) is 12.4 Å². The number of rotatable bonds is 6. The van der Waals surface area contributed by atoms with E-state index in [2.05, 4.69) is 51.6 Å². The van der Waals surface area contributed by atoms with E-state index in [1.54, 1.807) is 0 Å². The van der Waals surface area contributed by atoms with Crippen LogP contribution in [0.3, 0.4) is 0 Å². The smallest absolute Gasteiger partial charge is 0.223 e. The van der Waals surface area contributed by atoms with Gasteiger partial charge in [-0.25, -0.2) is 0 Å². The van der Waals surface area contributed by atoms with Crippen molar-refractivity contribution in [3.63, 3.8) is 0 Å². The normalized spacial score (nSPS) is 16.2. The summed E-state index contributed by atoms with van der Waals surface area (Å²) in [5.41, 5.74) is 3.65. The van der Waals surface area contributed by atoms with Gasteiger partial charge in [0.05, 0.1) is 6.20 Å². The predicted octanol–water partition coefficient (Wildman–Crippen LogP) is 2.29. The van der Waals surface area contributed by atoms with E-state index in [9.17, 15) is 4.79 Å². The van der Waals surface area contributed by atoms with Crippen molar-refractivity contribution in [2.75, 3.05) is 19.6 Å². The van der Waals surface area contributed by atoms with Gasteiger partial charge in [0.25, 0.3) is 0 Å². The molecule has 2 heterocycles. The van der Waals surface area contributed by atoms with Gasteiger partial charge in [0, 0.05) is 25.2 Å². The van der Waals surface area contributed by atoms with E-state index in [0.717, 1.165) is 44.5 Å². The Morgan fingerprint density at radius 3 is 2.67 bits per heavy atom. The van der Waals surface area contributed by atoms with E-state index < -0.39 is 0 Å². The first kappa shape index (κ1) is 16.7. The summed E-state index contributed by atoms with van der Waals surface area (Å²) in [5, 5.41) is 9.91. The maximum Gasteiger partial charge on any atom is 0.223 e. The molecule has 0 radical (unpaired) electrons. The number of amides is 1. The second-order valence-electron chi connectivity index (χ2n) is 6.68. The number of carbonyl (C=O) groups is 1. The predicted molar refractivity (Wildman–Crippen MR) is 94.5 cm³/mol. The Labute approximate surface area is 143 Å². The van der Waals surface area contributed by atoms with Gasteiger partial charge < -0.3 is 10.2 Å². The Hall–Kier alpha value is -2.14. The standard InChI is InChI=1S/C19H26N4O/c1-15-2-4-16(5-3-15)12-20-19(24)18-7-10-23(11-8-18)9-6-17-13-21-22-14-17/h2-5,13-14,18H,6-12H2,1H3,(H,20,24)(H,21,22). The molecule has 3 rings (SSSR count). The highest BCUT2D eigenvalue weighted by Crippen LogP contribution is 2.18. The number of piperidine rings is 1. The molecular formula is C19H26N4O. The van der Waals surface area contributed by atoms with Crippen molar-refractivity contribution in [3.05, 3.63) is 53.3 Å². The number of aromatic nitrogens is 2. The minimum absolute atomic E-state index is 0.153. The molecule has 1 aromatic carbocycles. The first-order valence-corrected chi connectivity index (χ1v) is 8.74. The number of hydrogen-bond donors (Lipinski definition) is 2. The Morgan fingerprint density at radius 1 is 1.25 bits per heavy atom. The number of aromatic amines is 1. The minimum atomic E-state index is 0.153. The maximum absolute atomic E-state index is 12.3. The van der Waals surface area contributed by atoms with Crippen LogP contribution in [0.25, 0.3) is 0 Å². The summed E-state index contributed by atoms with van der Waals surface area (Å²) < 4.78 is 0. The van der Waals surface area contributed by atoms with Crippen molar-refractivity contribution in [2.24, 2.45) is 5.92 Å². The lowest BCUT2D eigenvalue weighted by Gasteiger charge is -2.31. The van der Waals surface area contributed by atoms with Crippen LogP contribution in [0.5, 0.6) is 0 Å². The van der Waals surface area contributed by atoms with Crippen molar-refractivity contribution >= 4 is 5.91 Å². The number of H-pyrrole nitrogens is 1. The highest BCUT2D eigenvalue weighted by atomic mass is 16.1. The van der Waals surface area contributed by atoms with Gasteiger partial charge in [-0.1, -0.05) is 29.8 Å². The summed E-state index contributed by atoms with van der Waals surface area (Å²) in [6.07, 6.45) is 6.74. The third-order valence-electron chi connectivity index (χ3n) is 4.82. The van der Waals surface area contributed by atoms with Crippen LogP contribution in [0.2, 0.25) is 0 Å². The Morgan fingerprint density at radius 2 is 2.00 bits per heavy atom. The molecule has 1 amide bonds. The van der Waals surface area contributed by atoms with Gasteiger partial charge in [-0.05, 0) is 50.4 Å². The van der Waals surface area contributed by atoms with Gasteiger partial charge in [0.1, 0.15) is 0 Å². The van der Waals surface area contributed by atoms with Crippen molar-refractivity contribution in [3.8, 4) is 0 Å². The second-order valence-corrected chi connectivity index (χ2v) is 6.68. The fraction of sp³-hybridized carbons (Fsp3) is 0.474. The Kier molecular flexibility index (Phi) is 5.64.